The minimum absolute atomic E-state index is 0.0244. The van der Waals surface area contributed by atoms with E-state index < -0.39 is 40.4 Å². The van der Waals surface area contributed by atoms with Gasteiger partial charge < -0.3 is 29.4 Å². The lowest BCUT2D eigenvalue weighted by Gasteiger charge is -2.21. The second-order valence-corrected chi connectivity index (χ2v) is 16.3. The molecule has 4 aromatic heterocycles. The number of H-pyrrole nitrogens is 1. The largest absolute Gasteiger partial charge is 0.444 e. The fourth-order valence-electron chi connectivity index (χ4n) is 4.59. The highest BCUT2D eigenvalue weighted by molar-refractivity contribution is 9.09. The van der Waals surface area contributed by atoms with Gasteiger partial charge in [-0.25, -0.2) is 9.59 Å². The lowest BCUT2D eigenvalue weighted by atomic mass is 9.95. The second kappa shape index (κ2) is 21.1. The monoisotopic (exact) mass is 878 g/mol. The van der Waals surface area contributed by atoms with Crippen molar-refractivity contribution >= 4 is 62.7 Å². The normalized spacial score (nSPS) is 12.9. The Labute approximate surface area is 351 Å². The maximum Gasteiger partial charge on any atom is 0.412 e. The minimum atomic E-state index is -1.68. The number of aromatic nitrogens is 6. The number of amides is 2. The van der Waals surface area contributed by atoms with Gasteiger partial charge in [-0.1, -0.05) is 41.2 Å². The van der Waals surface area contributed by atoms with Crippen LogP contribution in [0, 0.1) is 27.0 Å². The number of anilines is 2. The van der Waals surface area contributed by atoms with E-state index in [2.05, 4.69) is 61.5 Å². The van der Waals surface area contributed by atoms with Crippen LogP contribution in [-0.2, 0) is 38.4 Å². The molecule has 0 aliphatic heterocycles. The summed E-state index contributed by atoms with van der Waals surface area (Å²) < 4.78 is 11.6. The zero-order valence-electron chi connectivity index (χ0n) is 34.8. The van der Waals surface area contributed by atoms with Crippen molar-refractivity contribution in [3.8, 4) is 0 Å². The number of ketones is 2. The van der Waals surface area contributed by atoms with Crippen molar-refractivity contribution < 1.29 is 38.9 Å². The maximum absolute atomic E-state index is 12.6. The molecule has 0 aromatic carbocycles. The Morgan fingerprint density at radius 3 is 1.61 bits per heavy atom. The molecule has 19 heteroatoms. The van der Waals surface area contributed by atoms with Crippen LogP contribution in [-0.4, -0.2) is 91.6 Å². The number of hydrogen-bond donors (Lipinski definition) is 5. The first kappa shape index (κ1) is 49.1. The summed E-state index contributed by atoms with van der Waals surface area (Å²) >= 11 is 3.10. The zero-order valence-corrected chi connectivity index (χ0v) is 36.4. The molecule has 0 aliphatic carbocycles. The molecule has 59 heavy (non-hydrogen) atoms. The Kier molecular flexibility index (Phi) is 17.6. The topological polar surface area (TPSA) is 232 Å². The van der Waals surface area contributed by atoms with E-state index in [1.807, 2.05) is 20.8 Å². The van der Waals surface area contributed by atoms with E-state index in [9.17, 15) is 29.4 Å². The van der Waals surface area contributed by atoms with Crippen molar-refractivity contribution in [3.63, 3.8) is 0 Å². The summed E-state index contributed by atoms with van der Waals surface area (Å²) in [4.78, 5) is 61.8. The molecule has 0 aliphatic rings. The molecular formula is C40H51BrN10O8. The number of carbonyl (C=O) groups excluding carboxylic acids is 4. The molecule has 0 bridgehead atoms. The van der Waals surface area contributed by atoms with Crippen LogP contribution in [0.2, 0.25) is 0 Å². The Bertz CT molecular complexity index is 2160. The van der Waals surface area contributed by atoms with Gasteiger partial charge in [-0.3, -0.25) is 30.0 Å². The minimum Gasteiger partial charge on any atom is -0.444 e. The second-order valence-electron chi connectivity index (χ2n) is 15.7. The Morgan fingerprint density at radius 1 is 0.763 bits per heavy atom. The third-order valence-corrected chi connectivity index (χ3v) is 8.60. The Hall–Kier alpha value is -6.02. The van der Waals surface area contributed by atoms with E-state index >= 15 is 0 Å². The molecule has 0 fully saturated rings. The van der Waals surface area contributed by atoms with E-state index in [-0.39, 0.29) is 36.3 Å². The average Bonchev–Trinajstić information content (AvgIpc) is 3.79. The number of halogens is 1. The number of Topliss-reactive ketones (excluding diaryl/α,β-unsaturated/α-hetero) is 2. The zero-order chi connectivity index (χ0) is 44.8. The quantitative estimate of drug-likeness (QED) is 0.0757. The highest BCUT2D eigenvalue weighted by atomic mass is 79.9. The number of rotatable bonds is 11. The molecular weight excluding hydrogens is 828 g/mol. The molecule has 2 atom stereocenters. The molecule has 4 heterocycles. The van der Waals surface area contributed by atoms with E-state index in [1.54, 1.807) is 52.9 Å². The number of carbonyl (C=O) groups is 4. The lowest BCUT2D eigenvalue weighted by Crippen LogP contribution is -2.40. The number of aromatic amines is 1. The van der Waals surface area contributed by atoms with Crippen molar-refractivity contribution in [1.29, 1.82) is 0 Å². The number of aliphatic hydroxyl groups is 2. The molecule has 0 spiro atoms. The predicted octanol–water partition coefficient (Wildman–Crippen LogP) is 7.00. The van der Waals surface area contributed by atoms with Gasteiger partial charge in [0.05, 0.1) is 30.3 Å². The third kappa shape index (κ3) is 17.6. The number of pyridine rings is 2. The molecule has 316 valence electrons. The van der Waals surface area contributed by atoms with Gasteiger partial charge in [0.15, 0.2) is 11.6 Å². The Balaban J connectivity index is 0.000000337. The molecule has 18 nitrogen and oxygen atoms in total. The molecule has 0 radical (unpaired) electrons. The molecule has 2 amide bonds. The van der Waals surface area contributed by atoms with Crippen molar-refractivity contribution in [1.82, 2.24) is 29.9 Å². The highest BCUT2D eigenvalue weighted by Gasteiger charge is 2.32. The molecule has 4 aromatic rings. The van der Waals surface area contributed by atoms with E-state index in [4.69, 9.17) is 22.6 Å². The van der Waals surface area contributed by atoms with Crippen LogP contribution in [0.4, 0.5) is 32.6 Å². The smallest absolute Gasteiger partial charge is 0.412 e. The molecule has 5 N–H and O–H groups in total. The van der Waals surface area contributed by atoms with Crippen molar-refractivity contribution in [2.75, 3.05) is 16.0 Å². The Morgan fingerprint density at radius 2 is 1.22 bits per heavy atom. The molecule has 0 saturated carbocycles. The summed E-state index contributed by atoms with van der Waals surface area (Å²) in [5, 5.41) is 36.0. The number of ether oxygens (including phenoxy) is 2. The van der Waals surface area contributed by atoms with Crippen LogP contribution >= 0.6 is 15.9 Å². The molecule has 0 unspecified atom stereocenters. The lowest BCUT2D eigenvalue weighted by molar-refractivity contribution is -0.136. The van der Waals surface area contributed by atoms with Crippen LogP contribution in [0.25, 0.3) is 9.69 Å². The standard InChI is InChI=1S/C20H25N5O4.C12H13BrN2O2.C8H13N3O2/c1-13-7-14(9-22-17(13)21-6)8-16(26)20(5,28)12-25-11-15(10-23-25)24-18(27)29-19(2,3)4;1-8-4-9(6-15-11(8)14-3)5-10(16)12(2,17)7-13;1-8(2,3)13-7(12)11-6-4-9-10-5-6/h7,9-11,28H,8,12H2,1-5H3,(H,24,27);4,6,17H,5,7H2,1-2H3;4-5H,1-3H3,(H,9,10)(H,11,12)/t20-;12-;/m00./s1. The van der Waals surface area contributed by atoms with Gasteiger partial charge in [0.25, 0.3) is 11.6 Å². The fraction of sp³-hybridized carbons (Fsp3) is 0.450. The van der Waals surface area contributed by atoms with Gasteiger partial charge in [-0.2, -0.15) is 10.2 Å². The van der Waals surface area contributed by atoms with Crippen LogP contribution in [0.15, 0.2) is 49.3 Å². The number of nitrogens with one attached hydrogen (secondary N) is 3. The predicted molar refractivity (Wildman–Crippen MR) is 223 cm³/mol. The van der Waals surface area contributed by atoms with E-state index in [1.165, 1.54) is 49.5 Å². The summed E-state index contributed by atoms with van der Waals surface area (Å²) in [7, 11) is 0. The van der Waals surface area contributed by atoms with Gasteiger partial charge in [-0.05, 0) is 80.4 Å². The van der Waals surface area contributed by atoms with Gasteiger partial charge in [0.1, 0.15) is 34.8 Å². The highest BCUT2D eigenvalue weighted by Crippen LogP contribution is 2.21. The molecule has 4 rings (SSSR count). The van der Waals surface area contributed by atoms with Gasteiger partial charge in [0, 0.05) is 41.7 Å². The first-order chi connectivity index (χ1) is 27.3. The fourth-order valence-corrected chi connectivity index (χ4v) is 4.90. The SMILES string of the molecule is CC(C)(C)OC(=O)Nc1cn[nH]c1.[C-]#[N+]c1ncc(CC(=O)[C@@](C)(O)CBr)cc1C.[C-]#[N+]c1ncc(CC(=O)[C@@](C)(O)Cn2cc(NC(=O)OC(C)(C)C)cn2)cc1C. The van der Waals surface area contributed by atoms with E-state index in [0.717, 1.165) is 5.56 Å². The van der Waals surface area contributed by atoms with Gasteiger partial charge >= 0.3 is 12.2 Å². The summed E-state index contributed by atoms with van der Waals surface area (Å²) in [5.41, 5.74) is -0.433. The maximum atomic E-state index is 12.6. The summed E-state index contributed by atoms with van der Waals surface area (Å²) in [6.45, 7) is 30.9. The number of hydrogen-bond acceptors (Lipinski definition) is 12. The summed E-state index contributed by atoms with van der Waals surface area (Å²) in [5.74, 6) is -0.0551. The first-order valence-electron chi connectivity index (χ1n) is 18.0. The third-order valence-electron chi connectivity index (χ3n) is 7.51. The summed E-state index contributed by atoms with van der Waals surface area (Å²) in [6, 6.07) is 3.47. The number of aryl methyl sites for hydroxylation is 2. The van der Waals surface area contributed by atoms with E-state index in [0.29, 0.717) is 33.9 Å². The van der Waals surface area contributed by atoms with Crippen LogP contribution < -0.4 is 10.6 Å². The number of alkyl halides is 1. The number of nitrogens with zero attached hydrogens (tertiary/aromatic N) is 7. The van der Waals surface area contributed by atoms with Crippen molar-refractivity contribution in [2.45, 2.75) is 111 Å². The molecule has 0 saturated heterocycles. The van der Waals surface area contributed by atoms with Crippen LogP contribution in [0.5, 0.6) is 0 Å². The first-order valence-corrected chi connectivity index (χ1v) is 19.1. The summed E-state index contributed by atoms with van der Waals surface area (Å²) in [6.07, 6.45) is 7.94. The van der Waals surface area contributed by atoms with Crippen molar-refractivity contribution in [3.05, 3.63) is 94.4 Å². The van der Waals surface area contributed by atoms with Gasteiger partial charge in [-0.15, -0.1) is 9.97 Å². The van der Waals surface area contributed by atoms with Crippen LogP contribution in [0.3, 0.4) is 0 Å². The average molecular weight is 880 g/mol. The van der Waals surface area contributed by atoms with Gasteiger partial charge in [0.2, 0.25) is 0 Å². The van der Waals surface area contributed by atoms with Crippen LogP contribution in [0.1, 0.15) is 77.6 Å². The van der Waals surface area contributed by atoms with Crippen molar-refractivity contribution in [2.24, 2.45) is 0 Å².